The highest BCUT2D eigenvalue weighted by Crippen LogP contribution is 2.09. The van der Waals surface area contributed by atoms with Gasteiger partial charge in [0.25, 0.3) is 0 Å². The zero-order valence-corrected chi connectivity index (χ0v) is 10.1. The van der Waals surface area contributed by atoms with Crippen LogP contribution in [-0.2, 0) is 6.54 Å². The molecule has 0 spiro atoms. The summed E-state index contributed by atoms with van der Waals surface area (Å²) < 4.78 is 0. The van der Waals surface area contributed by atoms with Gasteiger partial charge in [0.2, 0.25) is 5.01 Å². The fourth-order valence-electron chi connectivity index (χ4n) is 1.07. The number of nitrogens with zero attached hydrogens (tertiary/aromatic N) is 1. The molecule has 0 aliphatic heterocycles. The number of carboxylic acid groups (broad SMARTS) is 1. The topological polar surface area (TPSA) is 82.5 Å². The monoisotopic (exact) mass is 244 g/mol. The second-order valence-electron chi connectivity index (χ2n) is 3.89. The van der Waals surface area contributed by atoms with Crippen LogP contribution in [0, 0.1) is 5.92 Å². The number of aromatic carboxylic acids is 1. The number of thiazole rings is 1. The van der Waals surface area contributed by atoms with E-state index in [1.807, 2.05) is 13.8 Å². The van der Waals surface area contributed by atoms with Crippen LogP contribution in [0.25, 0.3) is 0 Å². The molecule has 0 amide bonds. The SMILES string of the molecule is CC(C)C(O)CNCc1csc(C(=O)O)n1. The van der Waals surface area contributed by atoms with Gasteiger partial charge in [0.15, 0.2) is 0 Å². The third kappa shape index (κ3) is 3.88. The van der Waals surface area contributed by atoms with E-state index in [9.17, 15) is 9.90 Å². The minimum absolute atomic E-state index is 0.0983. The Balaban J connectivity index is 2.35. The first kappa shape index (κ1) is 13.1. The third-order valence-corrected chi connectivity index (χ3v) is 3.04. The summed E-state index contributed by atoms with van der Waals surface area (Å²) in [6.45, 7) is 4.85. The van der Waals surface area contributed by atoms with Gasteiger partial charge >= 0.3 is 5.97 Å². The Morgan fingerprint density at radius 2 is 2.31 bits per heavy atom. The molecule has 1 rings (SSSR count). The Morgan fingerprint density at radius 3 is 2.81 bits per heavy atom. The highest BCUT2D eigenvalue weighted by molar-refractivity contribution is 7.11. The number of carbonyl (C=O) groups is 1. The van der Waals surface area contributed by atoms with Crippen LogP contribution in [0.2, 0.25) is 0 Å². The summed E-state index contributed by atoms with van der Waals surface area (Å²) in [6.07, 6.45) is -0.391. The normalized spacial score (nSPS) is 13.0. The van der Waals surface area contributed by atoms with Crippen LogP contribution >= 0.6 is 11.3 Å². The number of carboxylic acids is 1. The van der Waals surface area contributed by atoms with E-state index < -0.39 is 12.1 Å². The van der Waals surface area contributed by atoms with E-state index in [0.29, 0.717) is 18.8 Å². The molecule has 5 nitrogen and oxygen atoms in total. The lowest BCUT2D eigenvalue weighted by Gasteiger charge is -2.14. The number of hydrogen-bond donors (Lipinski definition) is 3. The van der Waals surface area contributed by atoms with Crippen molar-refractivity contribution in [3.63, 3.8) is 0 Å². The first-order valence-electron chi connectivity index (χ1n) is 5.07. The van der Waals surface area contributed by atoms with E-state index in [2.05, 4.69) is 10.3 Å². The molecule has 1 unspecified atom stereocenters. The van der Waals surface area contributed by atoms with Gasteiger partial charge in [-0.25, -0.2) is 9.78 Å². The lowest BCUT2D eigenvalue weighted by molar-refractivity contribution is 0.0696. The highest BCUT2D eigenvalue weighted by Gasteiger charge is 2.10. The van der Waals surface area contributed by atoms with Gasteiger partial charge in [0.1, 0.15) is 0 Å². The summed E-state index contributed by atoms with van der Waals surface area (Å²) in [4.78, 5) is 14.5. The van der Waals surface area contributed by atoms with Gasteiger partial charge in [-0.2, -0.15) is 0 Å². The number of aliphatic hydroxyl groups is 1. The van der Waals surface area contributed by atoms with E-state index in [0.717, 1.165) is 11.3 Å². The lowest BCUT2D eigenvalue weighted by atomic mass is 10.1. The summed E-state index contributed by atoms with van der Waals surface area (Å²) in [5.41, 5.74) is 0.693. The standard InChI is InChI=1S/C10H16N2O3S/c1-6(2)8(13)4-11-3-7-5-16-9(12-7)10(14)15/h5-6,8,11,13H,3-4H2,1-2H3,(H,14,15). The van der Waals surface area contributed by atoms with Gasteiger partial charge in [-0.05, 0) is 5.92 Å². The van der Waals surface area contributed by atoms with E-state index in [1.165, 1.54) is 0 Å². The average Bonchev–Trinajstić information content (AvgIpc) is 2.66. The van der Waals surface area contributed by atoms with Crippen LogP contribution in [0.3, 0.4) is 0 Å². The Labute approximate surface area is 98.1 Å². The van der Waals surface area contributed by atoms with Gasteiger partial charge in [0.05, 0.1) is 11.8 Å². The van der Waals surface area contributed by atoms with Gasteiger partial charge in [-0.15, -0.1) is 11.3 Å². The number of hydrogen-bond acceptors (Lipinski definition) is 5. The molecular weight excluding hydrogens is 228 g/mol. The maximum atomic E-state index is 10.6. The molecule has 0 aliphatic rings. The quantitative estimate of drug-likeness (QED) is 0.694. The molecular formula is C10H16N2O3S. The Morgan fingerprint density at radius 1 is 1.62 bits per heavy atom. The molecule has 16 heavy (non-hydrogen) atoms. The van der Waals surface area contributed by atoms with Gasteiger partial charge in [-0.3, -0.25) is 0 Å². The predicted molar refractivity (Wildman–Crippen MR) is 61.6 cm³/mol. The van der Waals surface area contributed by atoms with Crippen LogP contribution in [0.4, 0.5) is 0 Å². The van der Waals surface area contributed by atoms with E-state index in [1.54, 1.807) is 5.38 Å². The van der Waals surface area contributed by atoms with Crippen molar-refractivity contribution in [2.45, 2.75) is 26.5 Å². The molecule has 0 bridgehead atoms. The fraction of sp³-hybridized carbons (Fsp3) is 0.600. The molecule has 0 aliphatic carbocycles. The van der Waals surface area contributed by atoms with E-state index in [-0.39, 0.29) is 10.9 Å². The number of nitrogens with one attached hydrogen (secondary N) is 1. The van der Waals surface area contributed by atoms with Crippen LogP contribution < -0.4 is 5.32 Å². The molecule has 1 aromatic rings. The van der Waals surface area contributed by atoms with Crippen LogP contribution in [0.15, 0.2) is 5.38 Å². The van der Waals surface area contributed by atoms with Crippen molar-refractivity contribution in [2.24, 2.45) is 5.92 Å². The molecule has 90 valence electrons. The van der Waals surface area contributed by atoms with Gasteiger partial charge in [-0.1, -0.05) is 13.8 Å². The number of aliphatic hydroxyl groups excluding tert-OH is 1. The Kier molecular flexibility index (Phi) is 4.85. The summed E-state index contributed by atoms with van der Waals surface area (Å²) in [6, 6.07) is 0. The van der Waals surface area contributed by atoms with Crippen molar-refractivity contribution in [3.8, 4) is 0 Å². The van der Waals surface area contributed by atoms with Crippen molar-refractivity contribution in [1.29, 1.82) is 0 Å². The molecule has 3 N–H and O–H groups in total. The molecule has 6 heteroatoms. The number of aromatic nitrogens is 1. The summed E-state index contributed by atoms with van der Waals surface area (Å²) >= 11 is 1.11. The smallest absolute Gasteiger partial charge is 0.365 e. The second kappa shape index (κ2) is 5.93. The van der Waals surface area contributed by atoms with Crippen LogP contribution in [0.1, 0.15) is 29.3 Å². The molecule has 0 fully saturated rings. The average molecular weight is 244 g/mol. The van der Waals surface area contributed by atoms with Crippen molar-refractivity contribution in [3.05, 3.63) is 16.1 Å². The van der Waals surface area contributed by atoms with E-state index >= 15 is 0 Å². The molecule has 1 heterocycles. The minimum atomic E-state index is -1.00. The van der Waals surface area contributed by atoms with Crippen LogP contribution in [0.5, 0.6) is 0 Å². The maximum absolute atomic E-state index is 10.6. The predicted octanol–water partition coefficient (Wildman–Crippen LogP) is 0.948. The lowest BCUT2D eigenvalue weighted by Crippen LogP contribution is -2.30. The molecule has 0 radical (unpaired) electrons. The summed E-state index contributed by atoms with van der Waals surface area (Å²) in [5.74, 6) is -0.795. The molecule has 1 atom stereocenters. The van der Waals surface area contributed by atoms with Crippen molar-refractivity contribution < 1.29 is 15.0 Å². The van der Waals surface area contributed by atoms with Crippen molar-refractivity contribution >= 4 is 17.3 Å². The maximum Gasteiger partial charge on any atom is 0.365 e. The third-order valence-electron chi connectivity index (χ3n) is 2.16. The first-order chi connectivity index (χ1) is 7.50. The second-order valence-corrected chi connectivity index (χ2v) is 4.75. The summed E-state index contributed by atoms with van der Waals surface area (Å²) in [7, 11) is 0. The highest BCUT2D eigenvalue weighted by atomic mass is 32.1. The summed E-state index contributed by atoms with van der Waals surface area (Å²) in [5, 5.41) is 23.0. The van der Waals surface area contributed by atoms with Gasteiger partial charge in [0, 0.05) is 18.5 Å². The first-order valence-corrected chi connectivity index (χ1v) is 5.95. The van der Waals surface area contributed by atoms with Crippen LogP contribution in [-0.4, -0.2) is 33.8 Å². The largest absolute Gasteiger partial charge is 0.476 e. The fourth-order valence-corrected chi connectivity index (χ4v) is 1.72. The van der Waals surface area contributed by atoms with Crippen molar-refractivity contribution in [1.82, 2.24) is 10.3 Å². The molecule has 0 saturated heterocycles. The zero-order valence-electron chi connectivity index (χ0n) is 9.30. The molecule has 0 saturated carbocycles. The minimum Gasteiger partial charge on any atom is -0.476 e. The van der Waals surface area contributed by atoms with E-state index in [4.69, 9.17) is 5.11 Å². The molecule has 0 aromatic carbocycles. The number of rotatable bonds is 6. The van der Waals surface area contributed by atoms with Gasteiger partial charge < -0.3 is 15.5 Å². The Bertz CT molecular complexity index is 352. The molecule has 1 aromatic heterocycles. The zero-order chi connectivity index (χ0) is 12.1. The Hall–Kier alpha value is -0.980. The van der Waals surface area contributed by atoms with Crippen molar-refractivity contribution in [2.75, 3.05) is 6.54 Å².